The zero-order valence-corrected chi connectivity index (χ0v) is 14.6. The number of carbonyl (C=O) groups is 2. The molecule has 0 unspecified atom stereocenters. The number of nitrogens with one attached hydrogen (secondary N) is 1. The summed E-state index contributed by atoms with van der Waals surface area (Å²) in [5.41, 5.74) is 0.260. The molecule has 6 nitrogen and oxygen atoms in total. The molecule has 0 fully saturated rings. The first-order valence-electron chi connectivity index (χ1n) is 7.74. The van der Waals surface area contributed by atoms with Gasteiger partial charge in [-0.2, -0.15) is 0 Å². The number of ether oxygens (including phenoxy) is 3. The van der Waals surface area contributed by atoms with E-state index in [0.29, 0.717) is 17.1 Å². The number of carbonyl (C=O) groups excluding carboxylic acids is 2. The summed E-state index contributed by atoms with van der Waals surface area (Å²) in [6, 6.07) is 7.64. The minimum Gasteiger partial charge on any atom is -0.497 e. The molecule has 0 aliphatic heterocycles. The molecule has 27 heavy (non-hydrogen) atoms. The summed E-state index contributed by atoms with van der Waals surface area (Å²) in [5, 5.41) is 2.12. The summed E-state index contributed by atoms with van der Waals surface area (Å²) in [7, 11) is 2.99. The maximum Gasteiger partial charge on any atom is 0.331 e. The fourth-order valence-corrected chi connectivity index (χ4v) is 2.08. The largest absolute Gasteiger partial charge is 0.497 e. The third-order valence-electron chi connectivity index (χ3n) is 3.39. The van der Waals surface area contributed by atoms with Crippen LogP contribution in [-0.2, 0) is 14.3 Å². The lowest BCUT2D eigenvalue weighted by Crippen LogP contribution is -2.20. The predicted molar refractivity (Wildman–Crippen MR) is 94.5 cm³/mol. The van der Waals surface area contributed by atoms with Crippen LogP contribution in [0.3, 0.4) is 0 Å². The Labute approximate surface area is 154 Å². The summed E-state index contributed by atoms with van der Waals surface area (Å²) in [5.74, 6) is -2.03. The molecule has 0 saturated carbocycles. The molecule has 1 N–H and O–H groups in total. The van der Waals surface area contributed by atoms with E-state index < -0.39 is 30.1 Å². The molecule has 0 aliphatic carbocycles. The van der Waals surface area contributed by atoms with Crippen LogP contribution in [0.5, 0.6) is 11.5 Å². The van der Waals surface area contributed by atoms with Gasteiger partial charge in [-0.3, -0.25) is 4.79 Å². The minimum atomic E-state index is -0.803. The van der Waals surface area contributed by atoms with Gasteiger partial charge in [0.2, 0.25) is 0 Å². The van der Waals surface area contributed by atoms with E-state index in [1.807, 2.05) is 0 Å². The zero-order valence-electron chi connectivity index (χ0n) is 14.6. The van der Waals surface area contributed by atoms with Crippen LogP contribution in [-0.4, -0.2) is 32.7 Å². The Balaban J connectivity index is 1.91. The average Bonchev–Trinajstić information content (AvgIpc) is 2.67. The van der Waals surface area contributed by atoms with Gasteiger partial charge in [0.25, 0.3) is 5.91 Å². The minimum absolute atomic E-state index is 0.338. The molecule has 142 valence electrons. The van der Waals surface area contributed by atoms with Crippen molar-refractivity contribution in [3.05, 3.63) is 59.7 Å². The van der Waals surface area contributed by atoms with Crippen LogP contribution < -0.4 is 14.8 Å². The highest BCUT2D eigenvalue weighted by atomic mass is 19.1. The number of hydrogen-bond donors (Lipinski definition) is 1. The summed E-state index contributed by atoms with van der Waals surface area (Å²) in [4.78, 5) is 23.4. The normalized spacial score (nSPS) is 10.5. The third-order valence-corrected chi connectivity index (χ3v) is 3.39. The molecule has 0 radical (unpaired) electrons. The van der Waals surface area contributed by atoms with Crippen molar-refractivity contribution in [2.75, 3.05) is 26.1 Å². The van der Waals surface area contributed by atoms with E-state index in [2.05, 4.69) is 5.32 Å². The highest BCUT2D eigenvalue weighted by Crippen LogP contribution is 2.25. The van der Waals surface area contributed by atoms with E-state index >= 15 is 0 Å². The quantitative estimate of drug-likeness (QED) is 0.593. The zero-order chi connectivity index (χ0) is 19.8. The molecule has 2 rings (SSSR count). The Morgan fingerprint density at radius 1 is 1.07 bits per heavy atom. The monoisotopic (exact) mass is 377 g/mol. The molecule has 0 aliphatic rings. The van der Waals surface area contributed by atoms with Gasteiger partial charge in [0, 0.05) is 23.8 Å². The second-order valence-corrected chi connectivity index (χ2v) is 5.22. The molecule has 2 aromatic carbocycles. The van der Waals surface area contributed by atoms with E-state index in [1.54, 1.807) is 18.2 Å². The number of esters is 1. The van der Waals surface area contributed by atoms with Crippen LogP contribution in [0.4, 0.5) is 14.5 Å². The van der Waals surface area contributed by atoms with Crippen LogP contribution in [0.15, 0.2) is 42.5 Å². The fraction of sp³-hybridized carbons (Fsp3) is 0.158. The number of rotatable bonds is 7. The van der Waals surface area contributed by atoms with Crippen LogP contribution in [0.25, 0.3) is 6.08 Å². The van der Waals surface area contributed by atoms with Gasteiger partial charge < -0.3 is 19.5 Å². The summed E-state index contributed by atoms with van der Waals surface area (Å²) in [6.07, 6.45) is 2.56. The topological polar surface area (TPSA) is 73.9 Å². The van der Waals surface area contributed by atoms with Crippen molar-refractivity contribution in [3.63, 3.8) is 0 Å². The van der Waals surface area contributed by atoms with Gasteiger partial charge in [-0.25, -0.2) is 13.6 Å². The van der Waals surface area contributed by atoms with Gasteiger partial charge in [-0.15, -0.1) is 0 Å². The molecular weight excluding hydrogens is 360 g/mol. The van der Waals surface area contributed by atoms with E-state index in [1.165, 1.54) is 20.3 Å². The molecular formula is C19H17F2NO5. The molecule has 0 bridgehead atoms. The molecule has 0 aromatic heterocycles. The predicted octanol–water partition coefficient (Wildman–Crippen LogP) is 3.18. The van der Waals surface area contributed by atoms with Crippen molar-refractivity contribution >= 4 is 23.6 Å². The molecule has 8 heteroatoms. The van der Waals surface area contributed by atoms with Gasteiger partial charge in [-0.05, 0) is 30.3 Å². The number of methoxy groups -OCH3 is 2. The van der Waals surface area contributed by atoms with Gasteiger partial charge in [0.15, 0.2) is 6.61 Å². The van der Waals surface area contributed by atoms with Crippen molar-refractivity contribution in [1.29, 1.82) is 0 Å². The summed E-state index contributed by atoms with van der Waals surface area (Å²) < 4.78 is 41.5. The van der Waals surface area contributed by atoms with E-state index in [9.17, 15) is 18.4 Å². The van der Waals surface area contributed by atoms with Crippen molar-refractivity contribution in [2.24, 2.45) is 0 Å². The van der Waals surface area contributed by atoms with Crippen molar-refractivity contribution in [2.45, 2.75) is 0 Å². The van der Waals surface area contributed by atoms with Gasteiger partial charge in [0.1, 0.15) is 23.1 Å². The summed E-state index contributed by atoms with van der Waals surface area (Å²) in [6.45, 7) is -0.654. The Kier molecular flexibility index (Phi) is 6.87. The number of amides is 1. The van der Waals surface area contributed by atoms with Crippen molar-refractivity contribution in [1.82, 2.24) is 0 Å². The molecule has 2 aromatic rings. The highest BCUT2D eigenvalue weighted by Gasteiger charge is 2.10. The van der Waals surface area contributed by atoms with Crippen LogP contribution in [0.1, 0.15) is 5.56 Å². The van der Waals surface area contributed by atoms with Crippen LogP contribution in [0.2, 0.25) is 0 Å². The fourth-order valence-electron chi connectivity index (χ4n) is 2.08. The number of benzene rings is 2. The first-order valence-corrected chi connectivity index (χ1v) is 7.74. The first-order chi connectivity index (χ1) is 12.9. The maximum atomic E-state index is 13.4. The molecule has 0 atom stereocenters. The maximum absolute atomic E-state index is 13.4. The Bertz CT molecular complexity index is 867. The summed E-state index contributed by atoms with van der Waals surface area (Å²) >= 11 is 0. The van der Waals surface area contributed by atoms with Crippen molar-refractivity contribution < 1.29 is 32.6 Å². The van der Waals surface area contributed by atoms with Crippen LogP contribution >= 0.6 is 0 Å². The highest BCUT2D eigenvalue weighted by molar-refractivity contribution is 5.94. The Morgan fingerprint density at radius 3 is 2.56 bits per heavy atom. The smallest absolute Gasteiger partial charge is 0.331 e. The lowest BCUT2D eigenvalue weighted by Gasteiger charge is -2.08. The van der Waals surface area contributed by atoms with E-state index in [0.717, 1.165) is 24.3 Å². The second-order valence-electron chi connectivity index (χ2n) is 5.22. The van der Waals surface area contributed by atoms with E-state index in [-0.39, 0.29) is 5.69 Å². The molecule has 0 saturated heterocycles. The molecule has 1 amide bonds. The van der Waals surface area contributed by atoms with Gasteiger partial charge >= 0.3 is 5.97 Å². The standard InChI is InChI=1S/C19H17F2NO5/c1-25-14-6-3-12(17(10-14)26-2)4-8-19(24)27-11-18(23)22-16-9-13(20)5-7-15(16)21/h3-10H,11H2,1-2H3,(H,22,23)/b8-4+. The van der Waals surface area contributed by atoms with Crippen LogP contribution in [0, 0.1) is 11.6 Å². The lowest BCUT2D eigenvalue weighted by atomic mass is 10.2. The first kappa shape index (κ1) is 19.9. The lowest BCUT2D eigenvalue weighted by molar-refractivity contribution is -0.142. The number of anilines is 1. The van der Waals surface area contributed by atoms with Gasteiger partial charge in [-0.1, -0.05) is 0 Å². The van der Waals surface area contributed by atoms with E-state index in [4.69, 9.17) is 14.2 Å². The Hall–Kier alpha value is -3.42. The Morgan fingerprint density at radius 2 is 1.85 bits per heavy atom. The number of hydrogen-bond acceptors (Lipinski definition) is 5. The SMILES string of the molecule is COc1ccc(/C=C/C(=O)OCC(=O)Nc2cc(F)ccc2F)c(OC)c1. The number of halogens is 2. The van der Waals surface area contributed by atoms with Gasteiger partial charge in [0.05, 0.1) is 19.9 Å². The average molecular weight is 377 g/mol. The molecule has 0 spiro atoms. The molecule has 0 heterocycles. The second kappa shape index (κ2) is 9.33. The third kappa shape index (κ3) is 5.81. The van der Waals surface area contributed by atoms with Crippen molar-refractivity contribution in [3.8, 4) is 11.5 Å².